The average molecular weight is 313 g/mol. The van der Waals surface area contributed by atoms with Crippen molar-refractivity contribution in [1.82, 2.24) is 24.6 Å². The number of rotatable bonds is 3. The fraction of sp³-hybridized carbons (Fsp3) is 0.588. The second-order valence-corrected chi connectivity index (χ2v) is 6.77. The molecule has 1 amide bonds. The average Bonchev–Trinajstić information content (AvgIpc) is 3.14. The zero-order chi connectivity index (χ0) is 16.0. The van der Waals surface area contributed by atoms with E-state index in [0.29, 0.717) is 6.04 Å². The maximum absolute atomic E-state index is 13.2. The van der Waals surface area contributed by atoms with Crippen LogP contribution in [0.5, 0.6) is 0 Å². The molecule has 0 radical (unpaired) electrons. The molecule has 2 aromatic heterocycles. The largest absolute Gasteiger partial charge is 0.345 e. The molecule has 1 aliphatic carbocycles. The van der Waals surface area contributed by atoms with Crippen molar-refractivity contribution >= 4 is 5.91 Å². The summed E-state index contributed by atoms with van der Waals surface area (Å²) in [4.78, 5) is 19.4. The van der Waals surface area contributed by atoms with Gasteiger partial charge < -0.3 is 9.47 Å². The van der Waals surface area contributed by atoms with Gasteiger partial charge in [-0.05, 0) is 52.0 Å². The van der Waals surface area contributed by atoms with Gasteiger partial charge in [0.25, 0.3) is 5.91 Å². The van der Waals surface area contributed by atoms with Gasteiger partial charge in [0.05, 0.1) is 11.6 Å². The molecule has 4 rings (SSSR count). The lowest BCUT2D eigenvalue weighted by atomic mass is 10.00. The van der Waals surface area contributed by atoms with Crippen molar-refractivity contribution in [2.24, 2.45) is 0 Å². The fourth-order valence-electron chi connectivity index (χ4n) is 3.88. The third-order valence-corrected chi connectivity index (χ3v) is 5.14. The summed E-state index contributed by atoms with van der Waals surface area (Å²) in [6.45, 7) is 4.97. The number of piperidine rings is 1. The van der Waals surface area contributed by atoms with Crippen molar-refractivity contribution in [1.29, 1.82) is 0 Å². The Morgan fingerprint density at radius 1 is 1.26 bits per heavy atom. The topological polar surface area (TPSA) is 66.8 Å². The lowest BCUT2D eigenvalue weighted by Crippen LogP contribution is -2.39. The van der Waals surface area contributed by atoms with Crippen LogP contribution in [0.25, 0.3) is 0 Å². The number of nitrogens with zero attached hydrogens (tertiary/aromatic N) is 4. The molecule has 0 aromatic carbocycles. The molecule has 2 aromatic rings. The summed E-state index contributed by atoms with van der Waals surface area (Å²) < 4.78 is 2.33. The van der Waals surface area contributed by atoms with Crippen LogP contribution in [-0.2, 0) is 0 Å². The van der Waals surface area contributed by atoms with Gasteiger partial charge in [0.1, 0.15) is 12.2 Å². The third-order valence-electron chi connectivity index (χ3n) is 5.14. The van der Waals surface area contributed by atoms with E-state index in [1.165, 1.54) is 24.9 Å². The SMILES string of the molecule is Cc1cc(C(=O)N2CCCCC2c2ncn[nH]2)c(C)n1C1CC1. The smallest absolute Gasteiger partial charge is 0.256 e. The Kier molecular flexibility index (Phi) is 3.47. The highest BCUT2D eigenvalue weighted by Gasteiger charge is 2.34. The number of likely N-dealkylation sites (tertiary alicyclic amines) is 1. The summed E-state index contributed by atoms with van der Waals surface area (Å²) in [6.07, 6.45) is 7.10. The number of carbonyl (C=O) groups excluding carboxylic acids is 1. The zero-order valence-electron chi connectivity index (χ0n) is 13.7. The molecule has 1 N–H and O–H groups in total. The minimum atomic E-state index is 0.0164. The molecule has 122 valence electrons. The summed E-state index contributed by atoms with van der Waals surface area (Å²) in [5.74, 6) is 0.931. The Morgan fingerprint density at radius 3 is 2.78 bits per heavy atom. The predicted molar refractivity (Wildman–Crippen MR) is 86.2 cm³/mol. The van der Waals surface area contributed by atoms with E-state index >= 15 is 0 Å². The van der Waals surface area contributed by atoms with E-state index < -0.39 is 0 Å². The predicted octanol–water partition coefficient (Wildman–Crippen LogP) is 2.93. The number of amides is 1. The van der Waals surface area contributed by atoms with Crippen LogP contribution in [0, 0.1) is 13.8 Å². The Morgan fingerprint density at radius 2 is 2.09 bits per heavy atom. The summed E-state index contributed by atoms with van der Waals surface area (Å²) >= 11 is 0. The van der Waals surface area contributed by atoms with Gasteiger partial charge >= 0.3 is 0 Å². The Labute approximate surface area is 135 Å². The number of H-pyrrole nitrogens is 1. The second-order valence-electron chi connectivity index (χ2n) is 6.77. The normalized spacial score (nSPS) is 21.7. The molecule has 1 saturated carbocycles. The highest BCUT2D eigenvalue weighted by Crippen LogP contribution is 2.39. The van der Waals surface area contributed by atoms with Gasteiger partial charge in [-0.3, -0.25) is 9.89 Å². The molecule has 0 spiro atoms. The molecular weight excluding hydrogens is 290 g/mol. The van der Waals surface area contributed by atoms with E-state index in [4.69, 9.17) is 0 Å². The number of hydrogen-bond acceptors (Lipinski definition) is 3. The van der Waals surface area contributed by atoms with E-state index in [0.717, 1.165) is 42.9 Å². The van der Waals surface area contributed by atoms with Crippen LogP contribution in [0.4, 0.5) is 0 Å². The molecule has 1 unspecified atom stereocenters. The molecule has 1 saturated heterocycles. The van der Waals surface area contributed by atoms with Crippen molar-refractivity contribution in [2.45, 2.75) is 58.0 Å². The van der Waals surface area contributed by atoms with E-state index in [2.05, 4.69) is 39.7 Å². The maximum atomic E-state index is 13.2. The highest BCUT2D eigenvalue weighted by molar-refractivity contribution is 5.96. The van der Waals surface area contributed by atoms with Crippen LogP contribution < -0.4 is 0 Å². The first-order valence-corrected chi connectivity index (χ1v) is 8.51. The van der Waals surface area contributed by atoms with Gasteiger partial charge in [-0.15, -0.1) is 0 Å². The highest BCUT2D eigenvalue weighted by atomic mass is 16.2. The van der Waals surface area contributed by atoms with Crippen LogP contribution >= 0.6 is 0 Å². The van der Waals surface area contributed by atoms with Crippen LogP contribution in [0.2, 0.25) is 0 Å². The molecule has 1 atom stereocenters. The molecule has 2 aliphatic rings. The van der Waals surface area contributed by atoms with Crippen LogP contribution in [0.1, 0.15) is 71.8 Å². The zero-order valence-corrected chi connectivity index (χ0v) is 13.7. The minimum Gasteiger partial charge on any atom is -0.345 e. The van der Waals surface area contributed by atoms with Crippen molar-refractivity contribution in [3.05, 3.63) is 35.2 Å². The van der Waals surface area contributed by atoms with Gasteiger partial charge in [-0.25, -0.2) is 4.98 Å². The number of carbonyl (C=O) groups is 1. The molecule has 1 aliphatic heterocycles. The first-order valence-electron chi connectivity index (χ1n) is 8.51. The Balaban J connectivity index is 1.66. The maximum Gasteiger partial charge on any atom is 0.256 e. The van der Waals surface area contributed by atoms with Gasteiger partial charge in [-0.1, -0.05) is 0 Å². The molecule has 6 nitrogen and oxygen atoms in total. The lowest BCUT2D eigenvalue weighted by molar-refractivity contribution is 0.0599. The number of aromatic nitrogens is 4. The monoisotopic (exact) mass is 313 g/mol. The minimum absolute atomic E-state index is 0.0164. The summed E-state index contributed by atoms with van der Waals surface area (Å²) in [5, 5.41) is 6.90. The van der Waals surface area contributed by atoms with Gasteiger partial charge in [-0.2, -0.15) is 5.10 Å². The van der Waals surface area contributed by atoms with E-state index in [1.54, 1.807) is 0 Å². The van der Waals surface area contributed by atoms with Crippen molar-refractivity contribution in [3.8, 4) is 0 Å². The molecule has 23 heavy (non-hydrogen) atoms. The van der Waals surface area contributed by atoms with Gasteiger partial charge in [0.2, 0.25) is 0 Å². The quantitative estimate of drug-likeness (QED) is 0.947. The van der Waals surface area contributed by atoms with Crippen LogP contribution in [0.15, 0.2) is 12.4 Å². The molecule has 3 heterocycles. The molecule has 0 bridgehead atoms. The summed E-state index contributed by atoms with van der Waals surface area (Å²) in [5.41, 5.74) is 3.15. The van der Waals surface area contributed by atoms with Gasteiger partial charge in [0, 0.05) is 24.0 Å². The number of aryl methyl sites for hydroxylation is 1. The molecule has 6 heteroatoms. The standard InChI is InChI=1S/C17H23N5O/c1-11-9-14(12(2)22(11)13-6-7-13)17(23)21-8-4-3-5-15(21)16-18-10-19-20-16/h9-10,13,15H,3-8H2,1-2H3,(H,18,19,20). The fourth-order valence-corrected chi connectivity index (χ4v) is 3.88. The molecule has 2 fully saturated rings. The first-order chi connectivity index (χ1) is 11.2. The van der Waals surface area contributed by atoms with E-state index in [-0.39, 0.29) is 11.9 Å². The number of hydrogen-bond donors (Lipinski definition) is 1. The summed E-state index contributed by atoms with van der Waals surface area (Å²) in [6, 6.07) is 2.67. The van der Waals surface area contributed by atoms with Crippen molar-refractivity contribution in [3.63, 3.8) is 0 Å². The number of aromatic amines is 1. The second kappa shape index (κ2) is 5.51. The Bertz CT molecular complexity index is 714. The third kappa shape index (κ3) is 2.46. The summed E-state index contributed by atoms with van der Waals surface area (Å²) in [7, 11) is 0. The lowest BCUT2D eigenvalue weighted by Gasteiger charge is -2.34. The molecular formula is C17H23N5O. The van der Waals surface area contributed by atoms with Crippen LogP contribution in [0.3, 0.4) is 0 Å². The van der Waals surface area contributed by atoms with E-state index in [9.17, 15) is 4.79 Å². The van der Waals surface area contributed by atoms with Crippen molar-refractivity contribution < 1.29 is 4.79 Å². The van der Waals surface area contributed by atoms with Crippen LogP contribution in [-0.4, -0.2) is 37.1 Å². The first kappa shape index (κ1) is 14.5. The van der Waals surface area contributed by atoms with Crippen molar-refractivity contribution in [2.75, 3.05) is 6.54 Å². The Hall–Kier alpha value is -2.11. The number of nitrogens with one attached hydrogen (secondary N) is 1. The van der Waals surface area contributed by atoms with E-state index in [1.807, 2.05) is 4.90 Å². The van der Waals surface area contributed by atoms with Gasteiger partial charge in [0.15, 0.2) is 0 Å².